The number of aliphatic carboxylic acids is 1. The van der Waals surface area contributed by atoms with Gasteiger partial charge in [-0.05, 0) is 30.5 Å². The monoisotopic (exact) mass is 398 g/mol. The number of carbonyl (C=O) groups excluding carboxylic acids is 2. The number of aryl methyl sites for hydroxylation is 1. The van der Waals surface area contributed by atoms with Crippen molar-refractivity contribution in [2.24, 2.45) is 11.3 Å². The second-order valence-corrected chi connectivity index (χ2v) is 7.32. The van der Waals surface area contributed by atoms with Crippen LogP contribution in [0.2, 0.25) is 0 Å². The predicted molar refractivity (Wildman–Crippen MR) is 93.6 cm³/mol. The third-order valence-corrected chi connectivity index (χ3v) is 5.66. The van der Waals surface area contributed by atoms with Gasteiger partial charge in [0, 0.05) is 31.7 Å². The normalized spacial score (nSPS) is 25.4. The van der Waals surface area contributed by atoms with Gasteiger partial charge in [-0.1, -0.05) is 19.1 Å². The molecule has 0 saturated carbocycles. The molecule has 2 saturated heterocycles. The van der Waals surface area contributed by atoms with E-state index in [2.05, 4.69) is 0 Å². The number of likely N-dealkylation sites (tertiary alicyclic amines) is 1. The topological polar surface area (TPSA) is 77.9 Å². The summed E-state index contributed by atoms with van der Waals surface area (Å²) >= 11 is 0. The Morgan fingerprint density at radius 2 is 1.89 bits per heavy atom. The van der Waals surface area contributed by atoms with E-state index in [0.717, 1.165) is 16.9 Å². The Hall–Kier alpha value is -2.58. The Balaban J connectivity index is 1.72. The fourth-order valence-electron chi connectivity index (χ4n) is 3.82. The molecule has 2 unspecified atom stereocenters. The van der Waals surface area contributed by atoms with Gasteiger partial charge in [0.2, 0.25) is 11.8 Å². The Bertz CT molecular complexity index is 793. The second kappa shape index (κ2) is 7.10. The number of halogens is 3. The smallest absolute Gasteiger partial charge is 0.406 e. The first-order valence-electron chi connectivity index (χ1n) is 9.07. The van der Waals surface area contributed by atoms with Crippen molar-refractivity contribution in [3.8, 4) is 0 Å². The standard InChI is InChI=1S/C19H21F3N2O4/c1-2-12-3-5-14(6-4-12)24-10-13(9-15(24)25)16(26)23-8-7-18(11-23,17(27)28)19(20,21)22/h3-6,13H,2,7-11H2,1H3,(H,27,28). The van der Waals surface area contributed by atoms with E-state index in [1.165, 1.54) is 4.90 Å². The number of anilines is 1. The maximum atomic E-state index is 13.3. The summed E-state index contributed by atoms with van der Waals surface area (Å²) in [6, 6.07) is 7.31. The van der Waals surface area contributed by atoms with E-state index in [0.29, 0.717) is 5.69 Å². The summed E-state index contributed by atoms with van der Waals surface area (Å²) in [5, 5.41) is 9.12. The van der Waals surface area contributed by atoms with Crippen molar-refractivity contribution >= 4 is 23.5 Å². The number of carboxylic acids is 1. The molecule has 0 radical (unpaired) electrons. The molecule has 6 nitrogen and oxygen atoms in total. The fourth-order valence-corrected chi connectivity index (χ4v) is 3.82. The van der Waals surface area contributed by atoms with Gasteiger partial charge < -0.3 is 14.9 Å². The minimum Gasteiger partial charge on any atom is -0.481 e. The third-order valence-electron chi connectivity index (χ3n) is 5.66. The quantitative estimate of drug-likeness (QED) is 0.845. The van der Waals surface area contributed by atoms with Crippen molar-refractivity contribution in [1.82, 2.24) is 4.90 Å². The van der Waals surface area contributed by atoms with E-state index in [-0.39, 0.29) is 25.4 Å². The molecule has 0 aliphatic carbocycles. The zero-order valence-electron chi connectivity index (χ0n) is 15.3. The van der Waals surface area contributed by atoms with Gasteiger partial charge in [-0.25, -0.2) is 0 Å². The molecular formula is C19H21F3N2O4. The van der Waals surface area contributed by atoms with Crippen LogP contribution < -0.4 is 4.90 Å². The lowest BCUT2D eigenvalue weighted by Gasteiger charge is -2.28. The maximum absolute atomic E-state index is 13.3. The Morgan fingerprint density at radius 1 is 1.25 bits per heavy atom. The summed E-state index contributed by atoms with van der Waals surface area (Å²) in [7, 11) is 0. The third kappa shape index (κ3) is 3.33. The lowest BCUT2D eigenvalue weighted by Crippen LogP contribution is -2.48. The predicted octanol–water partition coefficient (Wildman–Crippen LogP) is 2.47. The number of nitrogens with zero attached hydrogens (tertiary/aromatic N) is 2. The number of hydrogen-bond acceptors (Lipinski definition) is 3. The van der Waals surface area contributed by atoms with Crippen LogP contribution in [-0.4, -0.2) is 53.6 Å². The number of carbonyl (C=O) groups is 3. The molecule has 2 heterocycles. The summed E-state index contributed by atoms with van der Waals surface area (Å²) in [5.74, 6) is -3.64. The SMILES string of the molecule is CCc1ccc(N2CC(C(=O)N3CCC(C(=O)O)(C(F)(F)F)C3)CC2=O)cc1. The zero-order valence-corrected chi connectivity index (χ0v) is 15.3. The highest BCUT2D eigenvalue weighted by molar-refractivity contribution is 6.00. The highest BCUT2D eigenvalue weighted by Crippen LogP contribution is 2.46. The lowest BCUT2D eigenvalue weighted by atomic mass is 9.86. The van der Waals surface area contributed by atoms with Crippen LogP contribution in [0.1, 0.15) is 25.3 Å². The van der Waals surface area contributed by atoms with Crippen molar-refractivity contribution < 1.29 is 32.7 Å². The first kappa shape index (κ1) is 20.2. The summed E-state index contributed by atoms with van der Waals surface area (Å²) in [6.07, 6.45) is -4.89. The van der Waals surface area contributed by atoms with Crippen LogP contribution in [0.15, 0.2) is 24.3 Å². The maximum Gasteiger partial charge on any atom is 0.406 e. The Morgan fingerprint density at radius 3 is 2.39 bits per heavy atom. The number of benzene rings is 1. The summed E-state index contributed by atoms with van der Waals surface area (Å²) in [5.41, 5.74) is -1.22. The van der Waals surface area contributed by atoms with Crippen LogP contribution in [0.25, 0.3) is 0 Å². The van der Waals surface area contributed by atoms with E-state index in [1.54, 1.807) is 12.1 Å². The zero-order chi connectivity index (χ0) is 20.7. The van der Waals surface area contributed by atoms with E-state index in [9.17, 15) is 27.6 Å². The molecule has 152 valence electrons. The van der Waals surface area contributed by atoms with Crippen molar-refractivity contribution in [3.63, 3.8) is 0 Å². The van der Waals surface area contributed by atoms with Crippen molar-refractivity contribution in [1.29, 1.82) is 0 Å². The molecule has 9 heteroatoms. The van der Waals surface area contributed by atoms with Gasteiger partial charge in [-0.2, -0.15) is 13.2 Å². The molecule has 2 atom stereocenters. The molecule has 28 heavy (non-hydrogen) atoms. The van der Waals surface area contributed by atoms with Gasteiger partial charge in [0.25, 0.3) is 0 Å². The molecule has 1 aromatic carbocycles. The van der Waals surface area contributed by atoms with Crippen LogP contribution >= 0.6 is 0 Å². The van der Waals surface area contributed by atoms with Gasteiger partial charge in [0.1, 0.15) is 0 Å². The molecule has 2 amide bonds. The van der Waals surface area contributed by atoms with Crippen LogP contribution in [-0.2, 0) is 20.8 Å². The van der Waals surface area contributed by atoms with Gasteiger partial charge >= 0.3 is 12.1 Å². The van der Waals surface area contributed by atoms with Gasteiger partial charge in [0.05, 0.1) is 5.92 Å². The first-order chi connectivity index (χ1) is 13.1. The number of amides is 2. The highest BCUT2D eigenvalue weighted by Gasteiger charge is 2.64. The molecule has 1 aromatic rings. The number of rotatable bonds is 4. The highest BCUT2D eigenvalue weighted by atomic mass is 19.4. The molecule has 0 spiro atoms. The number of hydrogen-bond donors (Lipinski definition) is 1. The minimum absolute atomic E-state index is 0.0751. The summed E-state index contributed by atoms with van der Waals surface area (Å²) in [4.78, 5) is 38.7. The van der Waals surface area contributed by atoms with Crippen molar-refractivity contribution in [2.75, 3.05) is 24.5 Å². The van der Waals surface area contributed by atoms with Crippen molar-refractivity contribution in [3.05, 3.63) is 29.8 Å². The van der Waals surface area contributed by atoms with Crippen molar-refractivity contribution in [2.45, 2.75) is 32.4 Å². The van der Waals surface area contributed by atoms with Gasteiger partial charge in [-0.15, -0.1) is 0 Å². The fraction of sp³-hybridized carbons (Fsp3) is 0.526. The van der Waals surface area contributed by atoms with Gasteiger partial charge in [-0.3, -0.25) is 14.4 Å². The number of carboxylic acid groups (broad SMARTS) is 1. The molecule has 2 aliphatic heterocycles. The Kier molecular flexibility index (Phi) is 5.12. The largest absolute Gasteiger partial charge is 0.481 e. The Labute approximate surface area is 159 Å². The molecule has 2 aliphatic rings. The van der Waals surface area contributed by atoms with Crippen LogP contribution in [0.5, 0.6) is 0 Å². The molecule has 0 aromatic heterocycles. The van der Waals surface area contributed by atoms with Gasteiger partial charge in [0.15, 0.2) is 5.41 Å². The lowest BCUT2D eigenvalue weighted by molar-refractivity contribution is -0.227. The molecule has 0 bridgehead atoms. The molecule has 3 rings (SSSR count). The summed E-state index contributed by atoms with van der Waals surface area (Å²) in [6.45, 7) is 0.867. The average molecular weight is 398 g/mol. The first-order valence-corrected chi connectivity index (χ1v) is 9.07. The van der Waals surface area contributed by atoms with E-state index in [4.69, 9.17) is 5.11 Å². The molecular weight excluding hydrogens is 377 g/mol. The summed E-state index contributed by atoms with van der Waals surface area (Å²) < 4.78 is 39.9. The second-order valence-electron chi connectivity index (χ2n) is 7.32. The van der Waals surface area contributed by atoms with E-state index >= 15 is 0 Å². The van der Waals surface area contributed by atoms with E-state index in [1.807, 2.05) is 19.1 Å². The number of alkyl halides is 3. The molecule has 1 N–H and O–H groups in total. The van der Waals surface area contributed by atoms with Crippen LogP contribution in [0.4, 0.5) is 18.9 Å². The van der Waals surface area contributed by atoms with Crippen LogP contribution in [0.3, 0.4) is 0 Å². The minimum atomic E-state index is -4.95. The van der Waals surface area contributed by atoms with Crippen LogP contribution in [0, 0.1) is 11.3 Å². The average Bonchev–Trinajstić information content (AvgIpc) is 3.26. The van der Waals surface area contributed by atoms with E-state index < -0.39 is 42.4 Å². The molecule has 2 fully saturated rings.